The lowest BCUT2D eigenvalue weighted by atomic mass is 10.2. The second kappa shape index (κ2) is 6.12. The molecule has 0 aliphatic rings. The summed E-state index contributed by atoms with van der Waals surface area (Å²) >= 11 is 2.84. The molecule has 0 aliphatic carbocycles. The van der Waals surface area contributed by atoms with Crippen LogP contribution in [0.25, 0.3) is 0 Å². The fourth-order valence-electron chi connectivity index (χ4n) is 1.57. The third-order valence-corrected chi connectivity index (χ3v) is 4.54. The Balaban J connectivity index is 2.03. The molecule has 2 aromatic heterocycles. The molecule has 0 bridgehead atoms. The van der Waals surface area contributed by atoms with Crippen LogP contribution in [0.1, 0.15) is 33.7 Å². The van der Waals surface area contributed by atoms with Gasteiger partial charge in [-0.25, -0.2) is 9.78 Å². The van der Waals surface area contributed by atoms with E-state index in [0.29, 0.717) is 11.3 Å². The van der Waals surface area contributed by atoms with Crippen molar-refractivity contribution in [2.24, 2.45) is 0 Å². The summed E-state index contributed by atoms with van der Waals surface area (Å²) in [4.78, 5) is 16.4. The van der Waals surface area contributed by atoms with E-state index in [1.54, 1.807) is 25.3 Å². The summed E-state index contributed by atoms with van der Waals surface area (Å²) in [6, 6.07) is 0. The van der Waals surface area contributed by atoms with Crippen LogP contribution in [0, 0.1) is 6.92 Å². The fraction of sp³-hybridized carbons (Fsp3) is 0.417. The molecule has 102 valence electrons. The molecule has 0 spiro atoms. The second-order valence-electron chi connectivity index (χ2n) is 3.88. The normalized spacial score (nSPS) is 10.5. The topological polar surface area (TPSA) is 64.1 Å². The Morgan fingerprint density at radius 1 is 1.53 bits per heavy atom. The number of esters is 1. The largest absolute Gasteiger partial charge is 0.455 e. The number of nitrogens with one attached hydrogen (secondary N) is 1. The van der Waals surface area contributed by atoms with Gasteiger partial charge in [0.25, 0.3) is 0 Å². The van der Waals surface area contributed by atoms with Crippen molar-refractivity contribution >= 4 is 33.8 Å². The SMILES string of the molecule is CCc1nc(COC(=O)c2c(C)nsc2NC)cs1. The number of carbonyl (C=O) groups excluding carboxylic acids is 1. The van der Waals surface area contributed by atoms with Gasteiger partial charge in [-0.1, -0.05) is 6.92 Å². The zero-order chi connectivity index (χ0) is 13.8. The van der Waals surface area contributed by atoms with Crippen molar-refractivity contribution in [3.8, 4) is 0 Å². The van der Waals surface area contributed by atoms with E-state index < -0.39 is 0 Å². The molecule has 0 aromatic carbocycles. The van der Waals surface area contributed by atoms with E-state index in [1.807, 2.05) is 12.3 Å². The first-order chi connectivity index (χ1) is 9.15. The molecule has 2 rings (SSSR count). The van der Waals surface area contributed by atoms with Gasteiger partial charge in [0.15, 0.2) is 0 Å². The second-order valence-corrected chi connectivity index (χ2v) is 5.60. The molecule has 7 heteroatoms. The Morgan fingerprint density at radius 3 is 2.95 bits per heavy atom. The predicted octanol–water partition coefficient (Wildman–Crippen LogP) is 2.87. The molecule has 0 saturated heterocycles. The zero-order valence-electron chi connectivity index (χ0n) is 11.0. The van der Waals surface area contributed by atoms with Crippen molar-refractivity contribution in [1.29, 1.82) is 0 Å². The Hall–Kier alpha value is -1.47. The van der Waals surface area contributed by atoms with E-state index in [-0.39, 0.29) is 12.6 Å². The van der Waals surface area contributed by atoms with E-state index in [4.69, 9.17) is 4.74 Å². The Bertz CT molecular complexity index is 577. The minimum Gasteiger partial charge on any atom is -0.455 e. The lowest BCUT2D eigenvalue weighted by Gasteiger charge is -2.04. The summed E-state index contributed by atoms with van der Waals surface area (Å²) in [7, 11) is 1.76. The lowest BCUT2D eigenvalue weighted by Crippen LogP contribution is -2.08. The fourth-order valence-corrected chi connectivity index (χ4v) is 3.03. The van der Waals surface area contributed by atoms with Gasteiger partial charge >= 0.3 is 5.97 Å². The highest BCUT2D eigenvalue weighted by atomic mass is 32.1. The number of nitrogens with zero attached hydrogens (tertiary/aromatic N) is 2. The van der Waals surface area contributed by atoms with E-state index in [0.717, 1.165) is 22.1 Å². The van der Waals surface area contributed by atoms with Crippen molar-refractivity contribution < 1.29 is 9.53 Å². The smallest absolute Gasteiger partial charge is 0.343 e. The van der Waals surface area contributed by atoms with Gasteiger partial charge in [0.1, 0.15) is 17.2 Å². The summed E-state index contributed by atoms with van der Waals surface area (Å²) in [5.41, 5.74) is 1.99. The third kappa shape index (κ3) is 3.10. The average molecular weight is 297 g/mol. The van der Waals surface area contributed by atoms with Gasteiger partial charge < -0.3 is 10.1 Å². The monoisotopic (exact) mass is 297 g/mol. The van der Waals surface area contributed by atoms with Crippen molar-refractivity contribution in [3.05, 3.63) is 27.3 Å². The molecule has 0 atom stereocenters. The summed E-state index contributed by atoms with van der Waals surface area (Å²) in [5.74, 6) is -0.360. The van der Waals surface area contributed by atoms with Crippen LogP contribution in [-0.2, 0) is 17.8 Å². The molecule has 5 nitrogen and oxygen atoms in total. The maximum atomic E-state index is 12.0. The van der Waals surface area contributed by atoms with Crippen molar-refractivity contribution in [1.82, 2.24) is 9.36 Å². The van der Waals surface area contributed by atoms with Crippen LogP contribution in [0.5, 0.6) is 0 Å². The van der Waals surface area contributed by atoms with Gasteiger partial charge in [-0.15, -0.1) is 11.3 Å². The molecule has 0 fully saturated rings. The maximum Gasteiger partial charge on any atom is 0.343 e. The Morgan fingerprint density at radius 2 is 2.32 bits per heavy atom. The highest BCUT2D eigenvalue weighted by Crippen LogP contribution is 2.25. The van der Waals surface area contributed by atoms with Crippen LogP contribution in [0.3, 0.4) is 0 Å². The minimum absolute atomic E-state index is 0.202. The van der Waals surface area contributed by atoms with Gasteiger partial charge in [0, 0.05) is 12.4 Å². The number of aromatic nitrogens is 2. The molecule has 0 amide bonds. The number of carbonyl (C=O) groups is 1. The zero-order valence-corrected chi connectivity index (χ0v) is 12.7. The summed E-state index contributed by atoms with van der Waals surface area (Å²) in [6.07, 6.45) is 0.899. The van der Waals surface area contributed by atoms with Gasteiger partial charge in [0.05, 0.1) is 16.4 Å². The molecule has 2 aromatic rings. The highest BCUT2D eigenvalue weighted by molar-refractivity contribution is 7.10. The summed E-state index contributed by atoms with van der Waals surface area (Å²) < 4.78 is 9.43. The third-order valence-electron chi connectivity index (χ3n) is 2.55. The van der Waals surface area contributed by atoms with Crippen LogP contribution >= 0.6 is 22.9 Å². The van der Waals surface area contributed by atoms with Gasteiger partial charge in [-0.3, -0.25) is 0 Å². The lowest BCUT2D eigenvalue weighted by molar-refractivity contribution is 0.0469. The number of anilines is 1. The Kier molecular flexibility index (Phi) is 4.49. The first-order valence-electron chi connectivity index (χ1n) is 5.90. The van der Waals surface area contributed by atoms with E-state index in [9.17, 15) is 4.79 Å². The highest BCUT2D eigenvalue weighted by Gasteiger charge is 2.19. The van der Waals surface area contributed by atoms with E-state index in [1.165, 1.54) is 11.5 Å². The summed E-state index contributed by atoms with van der Waals surface area (Å²) in [6.45, 7) is 4.05. The quantitative estimate of drug-likeness (QED) is 0.860. The van der Waals surface area contributed by atoms with Crippen molar-refractivity contribution in [2.75, 3.05) is 12.4 Å². The molecule has 19 heavy (non-hydrogen) atoms. The van der Waals surface area contributed by atoms with Crippen LogP contribution < -0.4 is 5.32 Å². The maximum absolute atomic E-state index is 12.0. The molecule has 1 N–H and O–H groups in total. The molecular weight excluding hydrogens is 282 g/mol. The molecular formula is C12H15N3O2S2. The van der Waals surface area contributed by atoms with Gasteiger partial charge in [-0.05, 0) is 24.9 Å². The number of hydrogen-bond acceptors (Lipinski definition) is 7. The molecule has 0 saturated carbocycles. The minimum atomic E-state index is -0.360. The van der Waals surface area contributed by atoms with Gasteiger partial charge in [-0.2, -0.15) is 4.37 Å². The van der Waals surface area contributed by atoms with E-state index >= 15 is 0 Å². The molecule has 2 heterocycles. The number of hydrogen-bond donors (Lipinski definition) is 1. The van der Waals surface area contributed by atoms with Crippen LogP contribution in [0.15, 0.2) is 5.38 Å². The standard InChI is InChI=1S/C12H15N3O2S2/c1-4-9-14-8(6-18-9)5-17-12(16)10-7(2)15-19-11(10)13-3/h6,13H,4-5H2,1-3H3. The van der Waals surface area contributed by atoms with E-state index in [2.05, 4.69) is 14.7 Å². The molecule has 0 radical (unpaired) electrons. The van der Waals surface area contributed by atoms with Crippen molar-refractivity contribution in [2.45, 2.75) is 26.9 Å². The average Bonchev–Trinajstić information content (AvgIpc) is 3.02. The number of ether oxygens (including phenoxy) is 1. The molecule has 0 unspecified atom stereocenters. The van der Waals surface area contributed by atoms with Crippen molar-refractivity contribution in [3.63, 3.8) is 0 Å². The number of rotatable bonds is 5. The van der Waals surface area contributed by atoms with Crippen LogP contribution in [0.2, 0.25) is 0 Å². The van der Waals surface area contributed by atoms with Crippen LogP contribution in [-0.4, -0.2) is 22.4 Å². The number of thiazole rings is 1. The first kappa shape index (κ1) is 14.0. The summed E-state index contributed by atoms with van der Waals surface area (Å²) in [5, 5.41) is 6.65. The Labute approximate surface area is 119 Å². The molecule has 0 aliphatic heterocycles. The first-order valence-corrected chi connectivity index (χ1v) is 7.55. The van der Waals surface area contributed by atoms with Gasteiger partial charge in [0.2, 0.25) is 0 Å². The van der Waals surface area contributed by atoms with Crippen LogP contribution in [0.4, 0.5) is 5.00 Å². The number of aryl methyl sites for hydroxylation is 2. The predicted molar refractivity (Wildman–Crippen MR) is 77.0 cm³/mol.